The summed E-state index contributed by atoms with van der Waals surface area (Å²) in [5, 5.41) is 2.84. The van der Waals surface area contributed by atoms with E-state index in [0.29, 0.717) is 43.9 Å². The highest BCUT2D eigenvalue weighted by Gasteiger charge is 2.34. The summed E-state index contributed by atoms with van der Waals surface area (Å²) < 4.78 is 28.1. The van der Waals surface area contributed by atoms with Gasteiger partial charge in [-0.05, 0) is 31.9 Å². The van der Waals surface area contributed by atoms with Gasteiger partial charge in [0.05, 0.1) is 0 Å². The number of rotatable bonds is 2. The topological polar surface area (TPSA) is 78.8 Å². The first kappa shape index (κ1) is 15.0. The molecule has 1 amide bonds. The Morgan fingerprint density at radius 3 is 2.68 bits per heavy atom. The van der Waals surface area contributed by atoms with Crippen molar-refractivity contribution in [3.8, 4) is 0 Å². The van der Waals surface area contributed by atoms with Gasteiger partial charge in [0.25, 0.3) is 10.0 Å². The zero-order valence-corrected chi connectivity index (χ0v) is 13.3. The summed E-state index contributed by atoms with van der Waals surface area (Å²) in [6, 6.07) is 6.89. The first-order valence-electron chi connectivity index (χ1n) is 7.50. The lowest BCUT2D eigenvalue weighted by molar-refractivity contribution is -0.126. The second-order valence-corrected chi connectivity index (χ2v) is 7.11. The molecule has 2 aliphatic rings. The van der Waals surface area contributed by atoms with Crippen molar-refractivity contribution < 1.29 is 13.2 Å². The van der Waals surface area contributed by atoms with Crippen LogP contribution in [-0.2, 0) is 14.8 Å². The van der Waals surface area contributed by atoms with E-state index in [-0.39, 0.29) is 16.7 Å². The Morgan fingerprint density at radius 1 is 1.32 bits per heavy atom. The van der Waals surface area contributed by atoms with Gasteiger partial charge < -0.3 is 10.2 Å². The van der Waals surface area contributed by atoms with Gasteiger partial charge >= 0.3 is 0 Å². The minimum absolute atomic E-state index is 0.00468. The molecule has 1 aromatic carbocycles. The number of carbonyl (C=O) groups excluding carboxylic acids is 1. The van der Waals surface area contributed by atoms with Gasteiger partial charge in [0.1, 0.15) is 4.90 Å². The van der Waals surface area contributed by atoms with Crippen LogP contribution < -0.4 is 5.32 Å². The number of hydrogen-bond acceptors (Lipinski definition) is 4. The lowest BCUT2D eigenvalue weighted by Gasteiger charge is -2.32. The molecule has 1 fully saturated rings. The molecule has 0 spiro atoms. The highest BCUT2D eigenvalue weighted by molar-refractivity contribution is 7.90. The maximum absolute atomic E-state index is 12.1. The largest absolute Gasteiger partial charge is 0.356 e. The Bertz CT molecular complexity index is 719. The SMILES string of the molecule is CCNC(=O)C1CCN(C2=NS(=O)(=O)c3ccccc32)CC1. The van der Waals surface area contributed by atoms with E-state index in [0.717, 1.165) is 0 Å². The summed E-state index contributed by atoms with van der Waals surface area (Å²) in [5.74, 6) is 0.610. The van der Waals surface area contributed by atoms with Gasteiger partial charge in [0.2, 0.25) is 5.91 Å². The lowest BCUT2D eigenvalue weighted by Crippen LogP contribution is -2.43. The van der Waals surface area contributed by atoms with Crippen molar-refractivity contribution in [1.29, 1.82) is 0 Å². The highest BCUT2D eigenvalue weighted by Crippen LogP contribution is 2.29. The third-order valence-electron chi connectivity index (χ3n) is 4.13. The number of nitrogens with one attached hydrogen (secondary N) is 1. The molecular weight excluding hydrogens is 302 g/mol. The van der Waals surface area contributed by atoms with Gasteiger partial charge in [-0.15, -0.1) is 4.40 Å². The Labute approximate surface area is 130 Å². The number of fused-ring (bicyclic) bond motifs is 1. The maximum Gasteiger partial charge on any atom is 0.285 e. The molecule has 0 bridgehead atoms. The monoisotopic (exact) mass is 321 g/mol. The van der Waals surface area contributed by atoms with E-state index >= 15 is 0 Å². The summed E-state index contributed by atoms with van der Waals surface area (Å²) in [4.78, 5) is 14.1. The number of benzene rings is 1. The van der Waals surface area contributed by atoms with E-state index in [1.807, 2.05) is 17.9 Å². The molecule has 2 heterocycles. The van der Waals surface area contributed by atoms with Crippen LogP contribution in [0.3, 0.4) is 0 Å². The van der Waals surface area contributed by atoms with Crippen LogP contribution in [0.15, 0.2) is 33.6 Å². The van der Waals surface area contributed by atoms with Gasteiger partial charge in [0, 0.05) is 31.1 Å². The molecule has 22 heavy (non-hydrogen) atoms. The normalized spacial score (nSPS) is 20.4. The average Bonchev–Trinajstić information content (AvgIpc) is 2.80. The van der Waals surface area contributed by atoms with Crippen molar-refractivity contribution in [3.05, 3.63) is 29.8 Å². The summed E-state index contributed by atoms with van der Waals surface area (Å²) >= 11 is 0. The third-order valence-corrected chi connectivity index (χ3v) is 5.45. The van der Waals surface area contributed by atoms with Crippen LogP contribution in [0.25, 0.3) is 0 Å². The molecule has 3 rings (SSSR count). The Hall–Kier alpha value is -1.89. The molecule has 7 heteroatoms. The minimum atomic E-state index is -3.58. The van der Waals surface area contributed by atoms with Crippen molar-refractivity contribution in [3.63, 3.8) is 0 Å². The standard InChI is InChI=1S/C15H19N3O3S/c1-2-16-15(19)11-7-9-18(10-8-11)14-12-5-3-4-6-13(12)22(20,21)17-14/h3-6,11H,2,7-10H2,1H3,(H,16,19). The molecule has 118 valence electrons. The van der Waals surface area contributed by atoms with Crippen molar-refractivity contribution in [2.24, 2.45) is 10.3 Å². The molecule has 1 saturated heterocycles. The molecule has 0 aliphatic carbocycles. The smallest absolute Gasteiger partial charge is 0.285 e. The van der Waals surface area contributed by atoms with Crippen LogP contribution in [0.4, 0.5) is 0 Å². The van der Waals surface area contributed by atoms with E-state index in [2.05, 4.69) is 9.71 Å². The van der Waals surface area contributed by atoms with Gasteiger partial charge in [0.15, 0.2) is 5.84 Å². The van der Waals surface area contributed by atoms with Crippen LogP contribution >= 0.6 is 0 Å². The predicted molar refractivity (Wildman–Crippen MR) is 83.1 cm³/mol. The van der Waals surface area contributed by atoms with Crippen molar-refractivity contribution >= 4 is 21.8 Å². The summed E-state index contributed by atoms with van der Waals surface area (Å²) in [6.07, 6.45) is 1.43. The molecule has 0 aromatic heterocycles. The molecule has 6 nitrogen and oxygen atoms in total. The fourth-order valence-corrected chi connectivity index (χ4v) is 4.22. The quantitative estimate of drug-likeness (QED) is 0.881. The van der Waals surface area contributed by atoms with Crippen LogP contribution in [-0.4, -0.2) is 44.7 Å². The Morgan fingerprint density at radius 2 is 2.00 bits per heavy atom. The fourth-order valence-electron chi connectivity index (χ4n) is 2.99. The maximum atomic E-state index is 12.1. The van der Waals surface area contributed by atoms with Crippen molar-refractivity contribution in [2.75, 3.05) is 19.6 Å². The van der Waals surface area contributed by atoms with Crippen LogP contribution in [0, 0.1) is 5.92 Å². The van der Waals surface area contributed by atoms with Gasteiger partial charge in [-0.3, -0.25) is 4.79 Å². The molecular formula is C15H19N3O3S. The molecule has 0 saturated carbocycles. The number of sulfonamides is 1. The second kappa shape index (κ2) is 5.72. The molecule has 0 unspecified atom stereocenters. The van der Waals surface area contributed by atoms with Gasteiger partial charge in [-0.1, -0.05) is 12.1 Å². The van der Waals surface area contributed by atoms with Crippen LogP contribution in [0.5, 0.6) is 0 Å². The molecule has 0 atom stereocenters. The average molecular weight is 321 g/mol. The number of hydrogen-bond donors (Lipinski definition) is 1. The highest BCUT2D eigenvalue weighted by atomic mass is 32.2. The molecule has 1 aromatic rings. The van der Waals surface area contributed by atoms with E-state index in [1.54, 1.807) is 18.2 Å². The number of amides is 1. The lowest BCUT2D eigenvalue weighted by atomic mass is 9.95. The summed E-state index contributed by atoms with van der Waals surface area (Å²) in [7, 11) is -3.58. The third kappa shape index (κ3) is 2.61. The van der Waals surface area contributed by atoms with E-state index in [4.69, 9.17) is 0 Å². The first-order valence-corrected chi connectivity index (χ1v) is 8.94. The minimum Gasteiger partial charge on any atom is -0.356 e. The Kier molecular flexibility index (Phi) is 3.90. The van der Waals surface area contributed by atoms with E-state index < -0.39 is 10.0 Å². The van der Waals surface area contributed by atoms with Crippen LogP contribution in [0.1, 0.15) is 25.3 Å². The van der Waals surface area contributed by atoms with E-state index in [9.17, 15) is 13.2 Å². The molecule has 0 radical (unpaired) electrons. The zero-order valence-electron chi connectivity index (χ0n) is 12.4. The van der Waals surface area contributed by atoms with Gasteiger partial charge in [-0.25, -0.2) is 0 Å². The molecule has 2 aliphatic heterocycles. The van der Waals surface area contributed by atoms with Crippen molar-refractivity contribution in [1.82, 2.24) is 10.2 Å². The number of likely N-dealkylation sites (tertiary alicyclic amines) is 1. The van der Waals surface area contributed by atoms with E-state index in [1.165, 1.54) is 0 Å². The summed E-state index contributed by atoms with van der Waals surface area (Å²) in [5.41, 5.74) is 0.666. The van der Waals surface area contributed by atoms with Gasteiger partial charge in [-0.2, -0.15) is 8.42 Å². The number of carbonyl (C=O) groups is 1. The first-order chi connectivity index (χ1) is 10.5. The zero-order chi connectivity index (χ0) is 15.7. The Balaban J connectivity index is 1.77. The molecule has 1 N–H and O–H groups in total. The van der Waals surface area contributed by atoms with Crippen molar-refractivity contribution in [2.45, 2.75) is 24.7 Å². The summed E-state index contributed by atoms with van der Waals surface area (Å²) in [6.45, 7) is 3.83. The number of nitrogens with zero attached hydrogens (tertiary/aromatic N) is 2. The number of piperidine rings is 1. The number of amidine groups is 1. The second-order valence-electron chi connectivity index (χ2n) is 5.54. The predicted octanol–water partition coefficient (Wildman–Crippen LogP) is 0.984. The fraction of sp³-hybridized carbons (Fsp3) is 0.467. The van der Waals surface area contributed by atoms with Crippen LogP contribution in [0.2, 0.25) is 0 Å².